The second-order valence-corrected chi connectivity index (χ2v) is 4.81. The molecule has 2 aliphatic rings. The minimum Gasteiger partial charge on any atom is -0.379 e. The molecule has 4 nitrogen and oxygen atoms in total. The summed E-state index contributed by atoms with van der Waals surface area (Å²) in [6, 6.07) is 0.811. The Kier molecular flexibility index (Phi) is 6.85. The normalized spacial score (nSPS) is 28.5. The Bertz CT molecular complexity index is 227. The Morgan fingerprint density at radius 2 is 2.24 bits per heavy atom. The SMILES string of the molecule is Cl.O=C(CCC1CCCN1)NC1CCCOC1. The van der Waals surface area contributed by atoms with Crippen molar-refractivity contribution in [3.8, 4) is 0 Å². The molecule has 2 saturated heterocycles. The lowest BCUT2D eigenvalue weighted by Crippen LogP contribution is -2.41. The van der Waals surface area contributed by atoms with Crippen molar-refractivity contribution in [3.63, 3.8) is 0 Å². The molecule has 0 aromatic carbocycles. The van der Waals surface area contributed by atoms with Gasteiger partial charge in [-0.1, -0.05) is 0 Å². The average Bonchev–Trinajstić information content (AvgIpc) is 2.81. The summed E-state index contributed by atoms with van der Waals surface area (Å²) in [5, 5.41) is 6.46. The fraction of sp³-hybridized carbons (Fsp3) is 0.917. The Balaban J connectivity index is 0.00000144. The van der Waals surface area contributed by atoms with Crippen molar-refractivity contribution in [2.24, 2.45) is 0 Å². The van der Waals surface area contributed by atoms with Gasteiger partial charge in [-0.2, -0.15) is 0 Å². The molecule has 0 radical (unpaired) electrons. The number of ether oxygens (including phenoxy) is 1. The van der Waals surface area contributed by atoms with Gasteiger partial charge in [0.25, 0.3) is 0 Å². The lowest BCUT2D eigenvalue weighted by atomic mass is 10.1. The Labute approximate surface area is 109 Å². The van der Waals surface area contributed by atoms with Gasteiger partial charge in [0.15, 0.2) is 0 Å². The van der Waals surface area contributed by atoms with E-state index in [2.05, 4.69) is 10.6 Å². The van der Waals surface area contributed by atoms with Gasteiger partial charge in [0.1, 0.15) is 0 Å². The molecule has 2 heterocycles. The minimum absolute atomic E-state index is 0. The van der Waals surface area contributed by atoms with E-state index in [1.165, 1.54) is 12.8 Å². The van der Waals surface area contributed by atoms with Crippen LogP contribution in [0, 0.1) is 0 Å². The number of nitrogens with one attached hydrogen (secondary N) is 2. The van der Waals surface area contributed by atoms with E-state index in [1.54, 1.807) is 0 Å². The number of halogens is 1. The number of hydrogen-bond acceptors (Lipinski definition) is 3. The smallest absolute Gasteiger partial charge is 0.220 e. The summed E-state index contributed by atoms with van der Waals surface area (Å²) in [5.74, 6) is 0.184. The lowest BCUT2D eigenvalue weighted by molar-refractivity contribution is -0.122. The summed E-state index contributed by atoms with van der Waals surface area (Å²) >= 11 is 0. The fourth-order valence-corrected chi connectivity index (χ4v) is 2.46. The van der Waals surface area contributed by atoms with Crippen LogP contribution in [0.1, 0.15) is 38.5 Å². The maximum Gasteiger partial charge on any atom is 0.220 e. The van der Waals surface area contributed by atoms with E-state index in [1.807, 2.05) is 0 Å². The first-order valence-electron chi connectivity index (χ1n) is 6.45. The van der Waals surface area contributed by atoms with Crippen LogP contribution in [-0.4, -0.2) is 37.7 Å². The Hall–Kier alpha value is -0.320. The third-order valence-electron chi connectivity index (χ3n) is 3.41. The van der Waals surface area contributed by atoms with E-state index in [0.717, 1.165) is 32.4 Å². The predicted molar refractivity (Wildman–Crippen MR) is 69.5 cm³/mol. The largest absolute Gasteiger partial charge is 0.379 e. The zero-order valence-electron chi connectivity index (χ0n) is 10.2. The van der Waals surface area contributed by atoms with Gasteiger partial charge < -0.3 is 15.4 Å². The van der Waals surface area contributed by atoms with Gasteiger partial charge in [-0.25, -0.2) is 0 Å². The van der Waals surface area contributed by atoms with Crippen molar-refractivity contribution in [1.82, 2.24) is 10.6 Å². The lowest BCUT2D eigenvalue weighted by Gasteiger charge is -2.23. The molecule has 2 rings (SSSR count). The van der Waals surface area contributed by atoms with Gasteiger partial charge in [0.2, 0.25) is 5.91 Å². The molecular formula is C12H23ClN2O2. The highest BCUT2D eigenvalue weighted by molar-refractivity contribution is 5.85. The average molecular weight is 263 g/mol. The van der Waals surface area contributed by atoms with Crippen LogP contribution < -0.4 is 10.6 Å². The van der Waals surface area contributed by atoms with E-state index < -0.39 is 0 Å². The van der Waals surface area contributed by atoms with E-state index in [9.17, 15) is 4.79 Å². The fourth-order valence-electron chi connectivity index (χ4n) is 2.46. The van der Waals surface area contributed by atoms with Crippen molar-refractivity contribution in [2.45, 2.75) is 50.6 Å². The van der Waals surface area contributed by atoms with Crippen molar-refractivity contribution >= 4 is 18.3 Å². The molecule has 2 N–H and O–H groups in total. The molecule has 0 aromatic rings. The molecule has 2 aliphatic heterocycles. The molecule has 1 amide bonds. The van der Waals surface area contributed by atoms with Gasteiger partial charge in [0.05, 0.1) is 12.6 Å². The maximum atomic E-state index is 11.7. The zero-order valence-corrected chi connectivity index (χ0v) is 11.1. The van der Waals surface area contributed by atoms with Crippen molar-refractivity contribution in [2.75, 3.05) is 19.8 Å². The number of carbonyl (C=O) groups is 1. The second-order valence-electron chi connectivity index (χ2n) is 4.81. The predicted octanol–water partition coefficient (Wildman–Crippen LogP) is 1.24. The van der Waals surface area contributed by atoms with Gasteiger partial charge in [-0.05, 0) is 38.6 Å². The second kappa shape index (κ2) is 7.90. The summed E-state index contributed by atoms with van der Waals surface area (Å²) in [7, 11) is 0. The van der Waals surface area contributed by atoms with Crippen molar-refractivity contribution in [1.29, 1.82) is 0 Å². The molecule has 0 aromatic heterocycles. The molecule has 5 heteroatoms. The van der Waals surface area contributed by atoms with E-state index >= 15 is 0 Å². The zero-order chi connectivity index (χ0) is 11.2. The number of hydrogen-bond donors (Lipinski definition) is 2. The number of amides is 1. The Morgan fingerprint density at radius 1 is 1.35 bits per heavy atom. The van der Waals surface area contributed by atoms with Crippen LogP contribution in [-0.2, 0) is 9.53 Å². The topological polar surface area (TPSA) is 50.4 Å². The molecule has 17 heavy (non-hydrogen) atoms. The van der Waals surface area contributed by atoms with Gasteiger partial charge in [0, 0.05) is 19.1 Å². The van der Waals surface area contributed by atoms with Gasteiger partial charge in [-0.15, -0.1) is 12.4 Å². The highest BCUT2D eigenvalue weighted by atomic mass is 35.5. The van der Waals surface area contributed by atoms with Gasteiger partial charge in [-0.3, -0.25) is 4.79 Å². The van der Waals surface area contributed by atoms with Crippen LogP contribution in [0.25, 0.3) is 0 Å². The maximum absolute atomic E-state index is 11.7. The summed E-state index contributed by atoms with van der Waals surface area (Å²) in [5.41, 5.74) is 0. The van der Waals surface area contributed by atoms with Crippen LogP contribution in [0.2, 0.25) is 0 Å². The third-order valence-corrected chi connectivity index (χ3v) is 3.41. The molecule has 0 bridgehead atoms. The van der Waals surface area contributed by atoms with Crippen molar-refractivity contribution < 1.29 is 9.53 Å². The Morgan fingerprint density at radius 3 is 2.88 bits per heavy atom. The molecule has 0 saturated carbocycles. The van der Waals surface area contributed by atoms with Crippen molar-refractivity contribution in [3.05, 3.63) is 0 Å². The summed E-state index contributed by atoms with van der Waals surface area (Å²) in [6.45, 7) is 2.65. The van der Waals surface area contributed by atoms with Gasteiger partial charge >= 0.3 is 0 Å². The number of carbonyl (C=O) groups excluding carboxylic acids is 1. The summed E-state index contributed by atoms with van der Waals surface area (Å²) in [6.07, 6.45) is 6.22. The van der Waals surface area contributed by atoms with Crippen LogP contribution in [0.15, 0.2) is 0 Å². The molecule has 2 unspecified atom stereocenters. The third kappa shape index (κ3) is 5.23. The van der Waals surface area contributed by atoms with Crippen LogP contribution in [0.4, 0.5) is 0 Å². The molecule has 2 atom stereocenters. The standard InChI is InChI=1S/C12H22N2O2.ClH/c15-12(6-5-10-3-1-7-13-10)14-11-4-2-8-16-9-11;/h10-11,13H,1-9H2,(H,14,15);1H. The molecule has 100 valence electrons. The molecular weight excluding hydrogens is 240 g/mol. The van der Waals surface area contributed by atoms with E-state index in [-0.39, 0.29) is 24.4 Å². The highest BCUT2D eigenvalue weighted by Gasteiger charge is 2.18. The van der Waals surface area contributed by atoms with Crippen LogP contribution >= 0.6 is 12.4 Å². The quantitative estimate of drug-likeness (QED) is 0.802. The van der Waals surface area contributed by atoms with Crippen LogP contribution in [0.5, 0.6) is 0 Å². The molecule has 0 aliphatic carbocycles. The first-order valence-corrected chi connectivity index (χ1v) is 6.45. The first-order chi connectivity index (χ1) is 7.84. The number of rotatable bonds is 4. The minimum atomic E-state index is 0. The molecule has 2 fully saturated rings. The van der Waals surface area contributed by atoms with E-state index in [4.69, 9.17) is 4.74 Å². The monoisotopic (exact) mass is 262 g/mol. The molecule has 0 spiro atoms. The van der Waals surface area contributed by atoms with E-state index in [0.29, 0.717) is 19.1 Å². The highest BCUT2D eigenvalue weighted by Crippen LogP contribution is 2.11. The summed E-state index contributed by atoms with van der Waals surface area (Å²) in [4.78, 5) is 11.7. The first kappa shape index (κ1) is 14.7. The van der Waals surface area contributed by atoms with Crippen LogP contribution in [0.3, 0.4) is 0 Å². The summed E-state index contributed by atoms with van der Waals surface area (Å²) < 4.78 is 5.33.